The monoisotopic (exact) mass is 368 g/mol. The molecule has 0 unspecified atom stereocenters. The van der Waals surface area contributed by atoms with Crippen LogP contribution < -0.4 is 5.32 Å². The van der Waals surface area contributed by atoms with Crippen molar-refractivity contribution in [3.05, 3.63) is 23.2 Å². The Morgan fingerprint density at radius 2 is 1.92 bits per heavy atom. The van der Waals surface area contributed by atoms with Gasteiger partial charge >= 0.3 is 12.1 Å². The zero-order valence-electron chi connectivity index (χ0n) is 16.3. The van der Waals surface area contributed by atoms with Crippen LogP contribution in [0.3, 0.4) is 0 Å². The van der Waals surface area contributed by atoms with Crippen molar-refractivity contribution in [3.8, 4) is 0 Å². The molecule has 1 N–H and O–H groups in total. The maximum atomic E-state index is 12.2. The highest BCUT2D eigenvalue weighted by Crippen LogP contribution is 2.17. The normalized spacial score (nSPS) is 11.0. The van der Waals surface area contributed by atoms with E-state index in [9.17, 15) is 14.4 Å². The van der Waals surface area contributed by atoms with Crippen molar-refractivity contribution in [1.29, 1.82) is 0 Å². The van der Waals surface area contributed by atoms with Crippen molar-refractivity contribution in [2.45, 2.75) is 52.7 Å². The second-order valence-electron chi connectivity index (χ2n) is 6.96. The summed E-state index contributed by atoms with van der Waals surface area (Å²) in [4.78, 5) is 36.7. The van der Waals surface area contributed by atoms with Gasteiger partial charge in [-0.3, -0.25) is 4.79 Å². The minimum atomic E-state index is -0.551. The van der Waals surface area contributed by atoms with E-state index in [0.717, 1.165) is 0 Å². The third kappa shape index (κ3) is 7.16. The van der Waals surface area contributed by atoms with Gasteiger partial charge in [0.05, 0.1) is 13.7 Å². The zero-order chi connectivity index (χ0) is 19.9. The van der Waals surface area contributed by atoms with Crippen LogP contribution in [-0.4, -0.2) is 49.2 Å². The van der Waals surface area contributed by atoms with E-state index in [1.54, 1.807) is 40.8 Å². The van der Waals surface area contributed by atoms with E-state index in [0.29, 0.717) is 30.0 Å². The number of esters is 1. The number of hydrogen-bond acceptors (Lipinski definition) is 6. The fourth-order valence-electron chi connectivity index (χ4n) is 2.19. The largest absolute Gasteiger partial charge is 0.465 e. The van der Waals surface area contributed by atoms with Gasteiger partial charge in [-0.25, -0.2) is 9.59 Å². The molecule has 1 rings (SSSR count). The van der Waals surface area contributed by atoms with Gasteiger partial charge < -0.3 is 24.1 Å². The third-order valence-corrected chi connectivity index (χ3v) is 3.43. The van der Waals surface area contributed by atoms with Crippen LogP contribution in [0.1, 0.15) is 55.5 Å². The van der Waals surface area contributed by atoms with Crippen molar-refractivity contribution >= 4 is 18.0 Å². The highest BCUT2D eigenvalue weighted by Gasteiger charge is 2.18. The number of hydrogen-bond donors (Lipinski definition) is 1. The van der Waals surface area contributed by atoms with Gasteiger partial charge in [-0.15, -0.1) is 0 Å². The zero-order valence-corrected chi connectivity index (χ0v) is 16.3. The molecule has 1 heterocycles. The summed E-state index contributed by atoms with van der Waals surface area (Å²) >= 11 is 0. The van der Waals surface area contributed by atoms with Crippen LogP contribution in [0.4, 0.5) is 4.79 Å². The average Bonchev–Trinajstić information content (AvgIpc) is 2.89. The Hall–Kier alpha value is -2.51. The Labute approximate surface area is 153 Å². The number of amides is 2. The summed E-state index contributed by atoms with van der Waals surface area (Å²) in [7, 11) is 2.95. The number of ether oxygens (including phenoxy) is 2. The number of aryl methyl sites for hydroxylation is 1. The summed E-state index contributed by atoms with van der Waals surface area (Å²) < 4.78 is 15.3. The minimum Gasteiger partial charge on any atom is -0.465 e. The van der Waals surface area contributed by atoms with Crippen LogP contribution in [0.15, 0.2) is 10.5 Å². The number of nitrogens with zero attached hydrogens (tertiary/aromatic N) is 1. The van der Waals surface area contributed by atoms with Gasteiger partial charge in [-0.2, -0.15) is 0 Å². The van der Waals surface area contributed by atoms with E-state index in [1.165, 1.54) is 12.0 Å². The molecule has 26 heavy (non-hydrogen) atoms. The van der Waals surface area contributed by atoms with E-state index in [2.05, 4.69) is 10.1 Å². The van der Waals surface area contributed by atoms with Crippen LogP contribution >= 0.6 is 0 Å². The number of furan rings is 1. The number of carbonyl (C=O) groups excluding carboxylic acids is 3. The van der Waals surface area contributed by atoms with Crippen LogP contribution in [0.25, 0.3) is 0 Å². The Kier molecular flexibility index (Phi) is 7.67. The smallest absolute Gasteiger partial charge is 0.407 e. The van der Waals surface area contributed by atoms with Crippen molar-refractivity contribution < 1.29 is 28.3 Å². The Balaban J connectivity index is 2.39. The van der Waals surface area contributed by atoms with Crippen LogP contribution in [0.2, 0.25) is 0 Å². The van der Waals surface area contributed by atoms with Gasteiger partial charge in [0.15, 0.2) is 0 Å². The first-order chi connectivity index (χ1) is 12.0. The molecule has 2 amide bonds. The van der Waals surface area contributed by atoms with Crippen LogP contribution in [0, 0.1) is 6.92 Å². The number of carbonyl (C=O) groups is 3. The first-order valence-corrected chi connectivity index (χ1v) is 8.42. The van der Waals surface area contributed by atoms with Crippen molar-refractivity contribution in [2.75, 3.05) is 20.7 Å². The van der Waals surface area contributed by atoms with Crippen LogP contribution in [-0.2, 0) is 20.8 Å². The van der Waals surface area contributed by atoms with Gasteiger partial charge in [0.2, 0.25) is 5.91 Å². The molecule has 8 nitrogen and oxygen atoms in total. The molecule has 8 heteroatoms. The van der Waals surface area contributed by atoms with E-state index < -0.39 is 17.7 Å². The summed E-state index contributed by atoms with van der Waals surface area (Å²) in [5.41, 5.74) is -0.199. The molecule has 0 radical (unpaired) electrons. The summed E-state index contributed by atoms with van der Waals surface area (Å²) in [5.74, 6) is 0.393. The lowest BCUT2D eigenvalue weighted by atomic mass is 10.2. The van der Waals surface area contributed by atoms with Gasteiger partial charge in [-0.1, -0.05) is 0 Å². The second kappa shape index (κ2) is 9.26. The Morgan fingerprint density at radius 1 is 1.27 bits per heavy atom. The van der Waals surface area contributed by atoms with E-state index in [-0.39, 0.29) is 18.9 Å². The molecule has 0 saturated heterocycles. The summed E-state index contributed by atoms with van der Waals surface area (Å²) in [6, 6.07) is 1.58. The summed E-state index contributed by atoms with van der Waals surface area (Å²) in [6.45, 7) is 7.62. The summed E-state index contributed by atoms with van der Waals surface area (Å²) in [5, 5.41) is 2.61. The predicted octanol–water partition coefficient (Wildman–Crippen LogP) is 2.64. The van der Waals surface area contributed by atoms with Crippen molar-refractivity contribution in [2.24, 2.45) is 0 Å². The van der Waals surface area contributed by atoms with Gasteiger partial charge in [0.25, 0.3) is 0 Å². The van der Waals surface area contributed by atoms with Gasteiger partial charge in [0.1, 0.15) is 22.7 Å². The SMILES string of the molecule is COC(=O)c1cc(CN(C)C(=O)CCCNC(=O)OC(C)(C)C)oc1C. The molecule has 0 aromatic carbocycles. The molecule has 0 spiro atoms. The lowest BCUT2D eigenvalue weighted by molar-refractivity contribution is -0.130. The maximum Gasteiger partial charge on any atom is 0.407 e. The van der Waals surface area contributed by atoms with E-state index >= 15 is 0 Å². The lowest BCUT2D eigenvalue weighted by Gasteiger charge is -2.20. The average molecular weight is 368 g/mol. The molecule has 0 atom stereocenters. The third-order valence-electron chi connectivity index (χ3n) is 3.43. The Bertz CT molecular complexity index is 645. The van der Waals surface area contributed by atoms with Crippen LogP contribution in [0.5, 0.6) is 0 Å². The van der Waals surface area contributed by atoms with Gasteiger partial charge in [0, 0.05) is 20.0 Å². The molecule has 0 fully saturated rings. The topological polar surface area (TPSA) is 98.1 Å². The molecular weight excluding hydrogens is 340 g/mol. The lowest BCUT2D eigenvalue weighted by Crippen LogP contribution is -2.33. The molecule has 0 aliphatic carbocycles. The molecule has 0 bridgehead atoms. The maximum absolute atomic E-state index is 12.2. The molecule has 0 aliphatic heterocycles. The fraction of sp³-hybridized carbons (Fsp3) is 0.611. The first kappa shape index (κ1) is 21.5. The van der Waals surface area contributed by atoms with E-state index in [4.69, 9.17) is 9.15 Å². The highest BCUT2D eigenvalue weighted by atomic mass is 16.6. The minimum absolute atomic E-state index is 0.0929. The first-order valence-electron chi connectivity index (χ1n) is 8.42. The molecular formula is C18H28N2O6. The quantitative estimate of drug-likeness (QED) is 0.587. The van der Waals surface area contributed by atoms with Gasteiger partial charge in [-0.05, 0) is 40.2 Å². The summed E-state index contributed by atoms with van der Waals surface area (Å²) in [6.07, 6.45) is 0.266. The molecule has 146 valence electrons. The molecule has 1 aromatic rings. The predicted molar refractivity (Wildman–Crippen MR) is 94.7 cm³/mol. The highest BCUT2D eigenvalue weighted by molar-refractivity contribution is 5.90. The number of alkyl carbamates (subject to hydrolysis) is 1. The molecule has 1 aromatic heterocycles. The Morgan fingerprint density at radius 3 is 2.50 bits per heavy atom. The molecule has 0 aliphatic rings. The number of methoxy groups -OCH3 is 1. The second-order valence-corrected chi connectivity index (χ2v) is 6.96. The van der Waals surface area contributed by atoms with Crippen molar-refractivity contribution in [1.82, 2.24) is 10.2 Å². The molecule has 0 saturated carbocycles. The fourth-order valence-corrected chi connectivity index (χ4v) is 2.19. The van der Waals surface area contributed by atoms with E-state index in [1.807, 2.05) is 0 Å². The number of rotatable bonds is 7. The number of nitrogens with one attached hydrogen (secondary N) is 1. The standard InChI is InChI=1S/C18H28N2O6/c1-12-14(16(22)24-6)10-13(25-12)11-20(5)15(21)8-7-9-19-17(23)26-18(2,3)4/h10H,7-9,11H2,1-6H3,(H,19,23). The van der Waals surface area contributed by atoms with Crippen molar-refractivity contribution in [3.63, 3.8) is 0 Å².